The summed E-state index contributed by atoms with van der Waals surface area (Å²) in [6, 6.07) is 3.83. The number of hydrogen-bond donors (Lipinski definition) is 2. The standard InChI is InChI=1S/C22H20F6N4O4/c1-2-18-30-32(22(35)31(18)6-7-33)15-9-16(36-17(10-23)20(27)28)11(8-14(15)26)21(34)29-19-12(24)4-3-5-13(19)25/h3-5,8-9,17,20,33H,2,6-7,10H2,1H3,(H,29,34)/t17-/m0/s1. The lowest BCUT2D eigenvalue weighted by Gasteiger charge is -2.19. The number of aryl methyl sites for hydroxylation is 1. The Balaban J connectivity index is 2.15. The molecule has 0 unspecified atom stereocenters. The highest BCUT2D eigenvalue weighted by molar-refractivity contribution is 6.06. The molecule has 36 heavy (non-hydrogen) atoms. The molecule has 8 nitrogen and oxygen atoms in total. The second-order valence-corrected chi connectivity index (χ2v) is 7.34. The third kappa shape index (κ3) is 5.37. The van der Waals surface area contributed by atoms with Gasteiger partial charge in [-0.15, -0.1) is 5.10 Å². The Morgan fingerprint density at radius 3 is 2.39 bits per heavy atom. The Labute approximate surface area is 199 Å². The van der Waals surface area contributed by atoms with Crippen molar-refractivity contribution in [2.45, 2.75) is 32.4 Å². The number of aromatic nitrogens is 3. The lowest BCUT2D eigenvalue weighted by atomic mass is 10.1. The quantitative estimate of drug-likeness (QED) is 0.402. The number of ether oxygens (including phenoxy) is 1. The van der Waals surface area contributed by atoms with Crippen LogP contribution in [0.25, 0.3) is 5.69 Å². The van der Waals surface area contributed by atoms with Crippen LogP contribution in [0.2, 0.25) is 0 Å². The van der Waals surface area contributed by atoms with Gasteiger partial charge in [0.05, 0.1) is 18.7 Å². The van der Waals surface area contributed by atoms with Crippen LogP contribution in [0.4, 0.5) is 32.0 Å². The molecule has 0 aliphatic carbocycles. The third-order valence-electron chi connectivity index (χ3n) is 5.01. The minimum absolute atomic E-state index is 0.155. The van der Waals surface area contributed by atoms with Crippen molar-refractivity contribution in [3.63, 3.8) is 0 Å². The Bertz CT molecular complexity index is 1290. The highest BCUT2D eigenvalue weighted by atomic mass is 19.3. The first kappa shape index (κ1) is 26.8. The highest BCUT2D eigenvalue weighted by Gasteiger charge is 2.28. The normalized spacial score (nSPS) is 12.1. The van der Waals surface area contributed by atoms with Gasteiger partial charge in [0.15, 0.2) is 6.10 Å². The van der Waals surface area contributed by atoms with Gasteiger partial charge < -0.3 is 15.2 Å². The summed E-state index contributed by atoms with van der Waals surface area (Å²) in [7, 11) is 0. The number of amides is 1. The van der Waals surface area contributed by atoms with Crippen LogP contribution in [0, 0.1) is 17.5 Å². The molecule has 14 heteroatoms. The Hall–Kier alpha value is -3.81. The topological polar surface area (TPSA) is 98.4 Å². The van der Waals surface area contributed by atoms with Crippen molar-refractivity contribution in [3.8, 4) is 11.4 Å². The van der Waals surface area contributed by atoms with Crippen LogP contribution < -0.4 is 15.7 Å². The van der Waals surface area contributed by atoms with E-state index in [-0.39, 0.29) is 18.8 Å². The summed E-state index contributed by atoms with van der Waals surface area (Å²) in [5, 5.41) is 15.0. The third-order valence-corrected chi connectivity index (χ3v) is 5.01. The van der Waals surface area contributed by atoms with E-state index in [1.54, 1.807) is 6.92 Å². The minimum Gasteiger partial charge on any atom is -0.481 e. The number of alkyl halides is 3. The predicted octanol–water partition coefficient (Wildman–Crippen LogP) is 3.24. The van der Waals surface area contributed by atoms with Crippen LogP contribution in [0.5, 0.6) is 5.75 Å². The fourth-order valence-electron chi connectivity index (χ4n) is 3.27. The van der Waals surface area contributed by atoms with Crippen molar-refractivity contribution in [1.82, 2.24) is 14.3 Å². The van der Waals surface area contributed by atoms with Crippen molar-refractivity contribution < 1.29 is 41.0 Å². The number of halogens is 6. The summed E-state index contributed by atoms with van der Waals surface area (Å²) in [6.07, 6.45) is -5.53. The maximum atomic E-state index is 15.1. The molecular formula is C22H20F6N4O4. The fourth-order valence-corrected chi connectivity index (χ4v) is 3.27. The number of rotatable bonds is 10. The molecule has 3 rings (SSSR count). The van der Waals surface area contributed by atoms with Crippen LogP contribution in [0.1, 0.15) is 23.1 Å². The van der Waals surface area contributed by atoms with Gasteiger partial charge in [-0.05, 0) is 18.2 Å². The molecule has 1 amide bonds. The molecule has 1 aromatic heterocycles. The SMILES string of the molecule is CCc1nn(-c2cc(O[C@@H](CF)C(F)F)c(C(=O)Nc3c(F)cccc3F)cc2F)c(=O)n1CCO. The second kappa shape index (κ2) is 11.3. The summed E-state index contributed by atoms with van der Waals surface area (Å²) >= 11 is 0. The predicted molar refractivity (Wildman–Crippen MR) is 115 cm³/mol. The minimum atomic E-state index is -3.36. The first-order valence-electron chi connectivity index (χ1n) is 10.5. The van der Waals surface area contributed by atoms with E-state index in [1.807, 2.05) is 5.32 Å². The largest absolute Gasteiger partial charge is 0.481 e. The number of nitrogens with zero attached hydrogens (tertiary/aromatic N) is 3. The second-order valence-electron chi connectivity index (χ2n) is 7.34. The average Bonchev–Trinajstić information content (AvgIpc) is 3.15. The van der Waals surface area contributed by atoms with E-state index in [1.165, 1.54) is 0 Å². The van der Waals surface area contributed by atoms with E-state index in [9.17, 15) is 36.6 Å². The van der Waals surface area contributed by atoms with E-state index < -0.39 is 77.5 Å². The zero-order valence-electron chi connectivity index (χ0n) is 18.7. The number of carbonyl (C=O) groups excluding carboxylic acids is 1. The van der Waals surface area contributed by atoms with E-state index in [0.29, 0.717) is 16.8 Å². The fraction of sp³-hybridized carbons (Fsp3) is 0.318. The van der Waals surface area contributed by atoms with Gasteiger partial charge in [-0.1, -0.05) is 13.0 Å². The van der Waals surface area contributed by atoms with E-state index in [2.05, 4.69) is 5.10 Å². The maximum absolute atomic E-state index is 15.1. The maximum Gasteiger partial charge on any atom is 0.350 e. The van der Waals surface area contributed by atoms with Gasteiger partial charge in [0.2, 0.25) is 0 Å². The zero-order chi connectivity index (χ0) is 26.6. The van der Waals surface area contributed by atoms with Crippen molar-refractivity contribution in [1.29, 1.82) is 0 Å². The van der Waals surface area contributed by atoms with Crippen molar-refractivity contribution in [3.05, 3.63) is 69.7 Å². The Kier molecular flexibility index (Phi) is 8.40. The molecule has 0 radical (unpaired) electrons. The molecule has 3 aromatic rings. The monoisotopic (exact) mass is 518 g/mol. The number of nitrogens with one attached hydrogen (secondary N) is 1. The van der Waals surface area contributed by atoms with E-state index in [0.717, 1.165) is 22.8 Å². The molecule has 194 valence electrons. The Morgan fingerprint density at radius 1 is 1.17 bits per heavy atom. The number of anilines is 1. The van der Waals surface area contributed by atoms with E-state index in [4.69, 9.17) is 4.74 Å². The van der Waals surface area contributed by atoms with Gasteiger partial charge in [0.1, 0.15) is 47.1 Å². The number of hydrogen-bond acceptors (Lipinski definition) is 5. The molecule has 0 spiro atoms. The van der Waals surface area contributed by atoms with Crippen LogP contribution in [-0.2, 0) is 13.0 Å². The number of carbonyl (C=O) groups is 1. The number of para-hydroxylation sites is 1. The van der Waals surface area contributed by atoms with Gasteiger partial charge >= 0.3 is 5.69 Å². The van der Waals surface area contributed by atoms with Crippen LogP contribution >= 0.6 is 0 Å². The van der Waals surface area contributed by atoms with Gasteiger partial charge in [-0.3, -0.25) is 9.36 Å². The van der Waals surface area contributed by atoms with Crippen LogP contribution in [0.15, 0.2) is 35.1 Å². The van der Waals surface area contributed by atoms with Gasteiger partial charge in [0, 0.05) is 12.5 Å². The first-order valence-corrected chi connectivity index (χ1v) is 10.5. The summed E-state index contributed by atoms with van der Waals surface area (Å²) in [4.78, 5) is 25.5. The van der Waals surface area contributed by atoms with Gasteiger partial charge in [-0.25, -0.2) is 31.1 Å². The number of aliphatic hydroxyl groups is 1. The first-order chi connectivity index (χ1) is 17.1. The van der Waals surface area contributed by atoms with Crippen molar-refractivity contribution in [2.75, 3.05) is 18.6 Å². The molecule has 0 fully saturated rings. The smallest absolute Gasteiger partial charge is 0.350 e. The molecule has 0 saturated carbocycles. The zero-order valence-corrected chi connectivity index (χ0v) is 18.7. The summed E-state index contributed by atoms with van der Waals surface area (Å²) < 4.78 is 89.1. The van der Waals surface area contributed by atoms with E-state index >= 15 is 4.39 Å². The molecule has 2 aromatic carbocycles. The lowest BCUT2D eigenvalue weighted by molar-refractivity contribution is -0.00158. The summed E-state index contributed by atoms with van der Waals surface area (Å²) in [5.41, 5.74) is -3.24. The molecule has 0 saturated heterocycles. The number of aliphatic hydroxyl groups excluding tert-OH is 1. The molecule has 0 aliphatic rings. The molecule has 2 N–H and O–H groups in total. The Morgan fingerprint density at radius 2 is 1.83 bits per heavy atom. The van der Waals surface area contributed by atoms with Crippen LogP contribution in [0.3, 0.4) is 0 Å². The molecule has 1 heterocycles. The van der Waals surface area contributed by atoms with Crippen molar-refractivity contribution in [2.24, 2.45) is 0 Å². The van der Waals surface area contributed by atoms with Gasteiger partial charge in [-0.2, -0.15) is 4.68 Å². The lowest BCUT2D eigenvalue weighted by Crippen LogP contribution is -2.29. The van der Waals surface area contributed by atoms with Crippen molar-refractivity contribution >= 4 is 11.6 Å². The highest BCUT2D eigenvalue weighted by Crippen LogP contribution is 2.29. The van der Waals surface area contributed by atoms with Gasteiger partial charge in [0.25, 0.3) is 12.3 Å². The molecule has 1 atom stereocenters. The summed E-state index contributed by atoms with van der Waals surface area (Å²) in [6.45, 7) is -0.669. The van der Waals surface area contributed by atoms with Crippen LogP contribution in [-0.4, -0.2) is 51.2 Å². The number of benzene rings is 2. The summed E-state index contributed by atoms with van der Waals surface area (Å²) in [5.74, 6) is -5.62. The average molecular weight is 518 g/mol. The molecular weight excluding hydrogens is 498 g/mol. The molecule has 0 bridgehead atoms. The molecule has 0 aliphatic heterocycles.